The van der Waals surface area contributed by atoms with E-state index in [4.69, 9.17) is 0 Å². The van der Waals surface area contributed by atoms with Crippen molar-refractivity contribution < 1.29 is 10.2 Å². The fourth-order valence-corrected chi connectivity index (χ4v) is 2.38. The number of hydrogen-bond donors (Lipinski definition) is 6. The lowest BCUT2D eigenvalue weighted by molar-refractivity contribution is 0.431. The first-order valence-corrected chi connectivity index (χ1v) is 6.30. The zero-order chi connectivity index (χ0) is 14.2. The number of rotatable bonds is 2. The Balaban J connectivity index is 2.61. The summed E-state index contributed by atoms with van der Waals surface area (Å²) in [7, 11) is 0. The second-order valence-electron chi connectivity index (χ2n) is 3.27. The van der Waals surface area contributed by atoms with Crippen LogP contribution in [0.1, 0.15) is 0 Å². The van der Waals surface area contributed by atoms with E-state index in [-0.39, 0.29) is 19.3 Å². The van der Waals surface area contributed by atoms with Gasteiger partial charge in [-0.05, 0) is 24.4 Å². The molecule has 0 radical (unpaired) electrons. The summed E-state index contributed by atoms with van der Waals surface area (Å²) in [6.07, 6.45) is 0. The fraction of sp³-hybridized carbons (Fsp3) is 0. The highest BCUT2D eigenvalue weighted by Crippen LogP contribution is 2.31. The normalized spacial score (nSPS) is 10.5. The smallest absolute Gasteiger partial charge is 0.269 e. The van der Waals surface area contributed by atoms with Crippen molar-refractivity contribution in [3.8, 4) is 11.8 Å². The molecule has 0 bridgehead atoms. The number of hydrogen-bond acceptors (Lipinski definition) is 7. The molecule has 0 fully saturated rings. The molecule has 0 aliphatic rings. The zero-order valence-electron chi connectivity index (χ0n) is 8.94. The second-order valence-corrected chi connectivity index (χ2v) is 5.11. The Morgan fingerprint density at radius 2 is 1.16 bits per heavy atom. The highest BCUT2D eigenvalue weighted by Gasteiger charge is 2.15. The minimum atomic E-state index is -0.688. The van der Waals surface area contributed by atoms with E-state index in [9.17, 15) is 19.8 Å². The molecule has 100 valence electrons. The monoisotopic (exact) mass is 318 g/mol. The van der Waals surface area contributed by atoms with E-state index in [0.29, 0.717) is 11.8 Å². The van der Waals surface area contributed by atoms with Crippen LogP contribution in [-0.4, -0.2) is 30.1 Å². The average molecular weight is 318 g/mol. The fourth-order valence-electron chi connectivity index (χ4n) is 1.22. The van der Waals surface area contributed by atoms with Gasteiger partial charge in [0.05, 0.1) is 0 Å². The molecule has 0 atom stereocenters. The molecule has 0 amide bonds. The molecular weight excluding hydrogens is 312 g/mol. The van der Waals surface area contributed by atoms with Crippen LogP contribution in [0.2, 0.25) is 0 Å². The van der Waals surface area contributed by atoms with Crippen molar-refractivity contribution in [2.75, 3.05) is 0 Å². The summed E-state index contributed by atoms with van der Waals surface area (Å²) < 4.78 is -0.116. The van der Waals surface area contributed by atoms with Crippen molar-refractivity contribution in [3.63, 3.8) is 0 Å². The number of aromatic amines is 4. The highest BCUT2D eigenvalue weighted by molar-refractivity contribution is 7.99. The molecule has 0 aliphatic carbocycles. The first-order valence-electron chi connectivity index (χ1n) is 4.67. The molecule has 0 saturated carbocycles. The SMILES string of the molecule is O=c1[nH]c(=S)[nH]c(O)c1Sc1c(O)[nH]c(=S)[nH]c1=O. The second kappa shape index (κ2) is 5.03. The van der Waals surface area contributed by atoms with Crippen LogP contribution in [0.15, 0.2) is 19.4 Å². The number of nitrogens with one attached hydrogen (secondary N) is 4. The summed E-state index contributed by atoms with van der Waals surface area (Å²) in [5.41, 5.74) is -1.38. The van der Waals surface area contributed by atoms with Crippen molar-refractivity contribution in [3.05, 3.63) is 30.2 Å². The van der Waals surface area contributed by atoms with Crippen LogP contribution in [0, 0.1) is 9.54 Å². The van der Waals surface area contributed by atoms with Gasteiger partial charge in [-0.1, -0.05) is 11.8 Å². The highest BCUT2D eigenvalue weighted by atomic mass is 32.2. The molecule has 0 saturated heterocycles. The van der Waals surface area contributed by atoms with Crippen molar-refractivity contribution in [1.29, 1.82) is 0 Å². The standard InChI is InChI=1S/C8H6N4O4S3/c13-3-1(4(14)10-7(17)9-3)19-2-5(15)11-8(18)12-6(2)16/h(H3,9,10,13,14,17)(H3,11,12,15,16,18). The Morgan fingerprint density at radius 3 is 1.47 bits per heavy atom. The Labute approximate surface area is 118 Å². The molecule has 2 rings (SSSR count). The van der Waals surface area contributed by atoms with Gasteiger partial charge in [0.1, 0.15) is 9.79 Å². The number of aromatic hydroxyl groups is 2. The van der Waals surface area contributed by atoms with E-state index in [0.717, 1.165) is 0 Å². The van der Waals surface area contributed by atoms with E-state index in [2.05, 4.69) is 44.4 Å². The first-order chi connectivity index (χ1) is 8.88. The molecule has 0 spiro atoms. The minimum absolute atomic E-state index is 0.0579. The quantitative estimate of drug-likeness (QED) is 0.449. The third-order valence-electron chi connectivity index (χ3n) is 1.96. The van der Waals surface area contributed by atoms with Crippen LogP contribution in [-0.2, 0) is 0 Å². The maximum atomic E-state index is 11.6. The van der Waals surface area contributed by atoms with Gasteiger partial charge < -0.3 is 20.2 Å². The summed E-state index contributed by atoms with van der Waals surface area (Å²) in [5, 5.41) is 19.2. The summed E-state index contributed by atoms with van der Waals surface area (Å²) in [4.78, 5) is 31.9. The van der Waals surface area contributed by atoms with Crippen molar-refractivity contribution >= 4 is 36.2 Å². The Kier molecular flexibility index (Phi) is 3.59. The molecule has 2 aromatic rings. The Hall–Kier alpha value is -1.85. The number of H-pyrrole nitrogens is 4. The summed E-state index contributed by atoms with van der Waals surface area (Å²) in [6.45, 7) is 0. The lowest BCUT2D eigenvalue weighted by atomic mass is 10.6. The largest absolute Gasteiger partial charge is 0.494 e. The van der Waals surface area contributed by atoms with Crippen molar-refractivity contribution in [2.45, 2.75) is 9.79 Å². The predicted molar refractivity (Wildman–Crippen MR) is 71.9 cm³/mol. The van der Waals surface area contributed by atoms with Crippen LogP contribution in [0.5, 0.6) is 11.8 Å². The maximum absolute atomic E-state index is 11.6. The van der Waals surface area contributed by atoms with Crippen LogP contribution in [0.25, 0.3) is 0 Å². The van der Waals surface area contributed by atoms with Crippen molar-refractivity contribution in [1.82, 2.24) is 19.9 Å². The van der Waals surface area contributed by atoms with Crippen molar-refractivity contribution in [2.24, 2.45) is 0 Å². The molecule has 19 heavy (non-hydrogen) atoms. The van der Waals surface area contributed by atoms with Crippen LogP contribution < -0.4 is 11.1 Å². The lowest BCUT2D eigenvalue weighted by Gasteiger charge is -2.04. The Morgan fingerprint density at radius 1 is 0.789 bits per heavy atom. The van der Waals surface area contributed by atoms with E-state index in [1.54, 1.807) is 0 Å². The van der Waals surface area contributed by atoms with Crippen LogP contribution in [0.3, 0.4) is 0 Å². The van der Waals surface area contributed by atoms with Gasteiger partial charge in [-0.25, -0.2) is 0 Å². The molecule has 0 aliphatic heterocycles. The molecular formula is C8H6N4O4S3. The van der Waals surface area contributed by atoms with E-state index in [1.165, 1.54) is 0 Å². The summed E-state index contributed by atoms with van der Waals surface area (Å²) in [6, 6.07) is 0. The van der Waals surface area contributed by atoms with Gasteiger partial charge >= 0.3 is 0 Å². The predicted octanol–water partition coefficient (Wildman–Crippen LogP) is 0.741. The van der Waals surface area contributed by atoms with E-state index in [1.807, 2.05) is 0 Å². The summed E-state index contributed by atoms with van der Waals surface area (Å²) in [5.74, 6) is -1.00. The lowest BCUT2D eigenvalue weighted by Crippen LogP contribution is -2.13. The van der Waals surface area contributed by atoms with Gasteiger partial charge in [-0.15, -0.1) is 0 Å². The van der Waals surface area contributed by atoms with E-state index >= 15 is 0 Å². The molecule has 0 unspecified atom stereocenters. The van der Waals surface area contributed by atoms with Crippen LogP contribution >= 0.6 is 36.2 Å². The molecule has 8 nitrogen and oxygen atoms in total. The Bertz CT molecular complexity index is 790. The van der Waals surface area contributed by atoms with Gasteiger partial charge in [0.2, 0.25) is 11.8 Å². The third kappa shape index (κ3) is 2.77. The third-order valence-corrected chi connectivity index (χ3v) is 3.54. The topological polar surface area (TPSA) is 138 Å². The average Bonchev–Trinajstić information content (AvgIpc) is 2.25. The van der Waals surface area contributed by atoms with E-state index < -0.39 is 22.9 Å². The molecule has 11 heteroatoms. The molecule has 2 aromatic heterocycles. The summed E-state index contributed by atoms with van der Waals surface area (Å²) >= 11 is 9.89. The zero-order valence-corrected chi connectivity index (χ0v) is 11.4. The van der Waals surface area contributed by atoms with Crippen LogP contribution in [0.4, 0.5) is 0 Å². The van der Waals surface area contributed by atoms with Gasteiger partial charge in [0.25, 0.3) is 11.1 Å². The number of aromatic nitrogens is 4. The first kappa shape index (κ1) is 13.6. The van der Waals surface area contributed by atoms with Gasteiger partial charge in [-0.3, -0.25) is 19.6 Å². The van der Waals surface area contributed by atoms with Gasteiger partial charge in [0, 0.05) is 0 Å². The maximum Gasteiger partial charge on any atom is 0.269 e. The van der Waals surface area contributed by atoms with Gasteiger partial charge in [0.15, 0.2) is 9.54 Å². The molecule has 6 N–H and O–H groups in total. The van der Waals surface area contributed by atoms with Gasteiger partial charge in [-0.2, -0.15) is 0 Å². The minimum Gasteiger partial charge on any atom is -0.494 e. The molecule has 0 aromatic carbocycles. The molecule has 2 heterocycles.